The Morgan fingerprint density at radius 1 is 1.16 bits per heavy atom. The molecule has 1 aliphatic heterocycles. The molecule has 1 fully saturated rings. The topological polar surface area (TPSA) is 32.3 Å². The van der Waals surface area contributed by atoms with E-state index in [2.05, 4.69) is 12.2 Å². The molecular formula is C16H32N2O. The minimum Gasteiger partial charge on any atom is -0.346 e. The van der Waals surface area contributed by atoms with E-state index >= 15 is 0 Å². The average Bonchev–Trinajstić information content (AvgIpc) is 2.45. The van der Waals surface area contributed by atoms with E-state index in [-0.39, 0.29) is 0 Å². The van der Waals surface area contributed by atoms with Crippen LogP contribution in [-0.4, -0.2) is 37.5 Å². The number of amides is 1. The fraction of sp³-hybridized carbons (Fsp3) is 0.938. The van der Waals surface area contributed by atoms with E-state index in [1.165, 1.54) is 44.9 Å². The van der Waals surface area contributed by atoms with Gasteiger partial charge in [-0.1, -0.05) is 32.6 Å². The van der Waals surface area contributed by atoms with E-state index in [0.29, 0.717) is 5.91 Å². The Morgan fingerprint density at radius 3 is 2.53 bits per heavy atom. The van der Waals surface area contributed by atoms with Gasteiger partial charge in [0.25, 0.3) is 0 Å². The Labute approximate surface area is 119 Å². The molecule has 3 nitrogen and oxygen atoms in total. The van der Waals surface area contributed by atoms with E-state index < -0.39 is 0 Å². The second-order valence-electron chi connectivity index (χ2n) is 5.96. The molecule has 1 amide bonds. The molecule has 0 aromatic carbocycles. The number of nitrogens with one attached hydrogen (secondary N) is 1. The van der Waals surface area contributed by atoms with Gasteiger partial charge < -0.3 is 10.2 Å². The van der Waals surface area contributed by atoms with Gasteiger partial charge in [0.05, 0.1) is 0 Å². The number of unbranched alkanes of at least 4 members (excludes halogenated alkanes) is 4. The van der Waals surface area contributed by atoms with Crippen LogP contribution in [0.4, 0.5) is 0 Å². The Morgan fingerprint density at radius 2 is 1.84 bits per heavy atom. The molecule has 112 valence electrons. The second-order valence-corrected chi connectivity index (χ2v) is 5.96. The van der Waals surface area contributed by atoms with Crippen molar-refractivity contribution in [3.63, 3.8) is 0 Å². The van der Waals surface area contributed by atoms with Crippen molar-refractivity contribution in [3.8, 4) is 0 Å². The van der Waals surface area contributed by atoms with Gasteiger partial charge in [0, 0.05) is 20.0 Å². The molecular weight excluding hydrogens is 236 g/mol. The van der Waals surface area contributed by atoms with Gasteiger partial charge in [0.1, 0.15) is 0 Å². The van der Waals surface area contributed by atoms with Crippen LogP contribution in [-0.2, 0) is 4.79 Å². The Hall–Kier alpha value is -0.570. The molecule has 1 aliphatic rings. The molecule has 1 saturated heterocycles. The molecule has 1 N–H and O–H groups in total. The first-order chi connectivity index (χ1) is 9.24. The van der Waals surface area contributed by atoms with Gasteiger partial charge in [0.2, 0.25) is 5.91 Å². The van der Waals surface area contributed by atoms with Crippen molar-refractivity contribution in [1.82, 2.24) is 10.2 Å². The van der Waals surface area contributed by atoms with Gasteiger partial charge in [-0.2, -0.15) is 0 Å². The fourth-order valence-corrected chi connectivity index (χ4v) is 2.74. The van der Waals surface area contributed by atoms with E-state index in [0.717, 1.165) is 38.4 Å². The maximum Gasteiger partial charge on any atom is 0.222 e. The molecule has 1 heterocycles. The molecule has 0 bridgehead atoms. The number of rotatable bonds is 9. The molecule has 0 aromatic rings. The van der Waals surface area contributed by atoms with Crippen molar-refractivity contribution < 1.29 is 4.79 Å². The summed E-state index contributed by atoms with van der Waals surface area (Å²) in [4.78, 5) is 13.9. The van der Waals surface area contributed by atoms with Crippen LogP contribution < -0.4 is 5.32 Å². The van der Waals surface area contributed by atoms with E-state index in [4.69, 9.17) is 0 Å². The number of nitrogens with zero attached hydrogens (tertiary/aromatic N) is 1. The molecule has 19 heavy (non-hydrogen) atoms. The third kappa shape index (κ3) is 7.56. The van der Waals surface area contributed by atoms with Crippen molar-refractivity contribution in [1.29, 1.82) is 0 Å². The number of carbonyl (C=O) groups excluding carboxylic acids is 1. The minimum atomic E-state index is 0.338. The van der Waals surface area contributed by atoms with Crippen LogP contribution in [0.25, 0.3) is 0 Å². The zero-order chi connectivity index (χ0) is 13.9. The summed E-state index contributed by atoms with van der Waals surface area (Å²) in [6, 6.07) is 0. The minimum absolute atomic E-state index is 0.338. The molecule has 0 aromatic heterocycles. The largest absolute Gasteiger partial charge is 0.346 e. The summed E-state index contributed by atoms with van der Waals surface area (Å²) >= 11 is 0. The lowest BCUT2D eigenvalue weighted by atomic mass is 9.94. The SMILES string of the molecule is CCCCCCCC(=O)N(C)CCC1CCNCC1. The predicted octanol–water partition coefficient (Wildman–Crippen LogP) is 3.20. The van der Waals surface area contributed by atoms with Gasteiger partial charge in [-0.15, -0.1) is 0 Å². The number of piperidine rings is 1. The highest BCUT2D eigenvalue weighted by Crippen LogP contribution is 2.16. The van der Waals surface area contributed by atoms with Crippen LogP contribution in [0, 0.1) is 5.92 Å². The summed E-state index contributed by atoms with van der Waals surface area (Å²) < 4.78 is 0. The summed E-state index contributed by atoms with van der Waals surface area (Å²) in [6.07, 6.45) is 10.6. The molecule has 0 spiro atoms. The van der Waals surface area contributed by atoms with Gasteiger partial charge in [0.15, 0.2) is 0 Å². The molecule has 0 unspecified atom stereocenters. The molecule has 0 atom stereocenters. The van der Waals surface area contributed by atoms with Crippen molar-refractivity contribution in [2.45, 2.75) is 64.7 Å². The van der Waals surface area contributed by atoms with E-state index in [1.54, 1.807) is 0 Å². The first-order valence-electron chi connectivity index (χ1n) is 8.18. The normalized spacial score (nSPS) is 16.5. The van der Waals surface area contributed by atoms with Crippen LogP contribution in [0.5, 0.6) is 0 Å². The highest BCUT2D eigenvalue weighted by atomic mass is 16.2. The Bertz CT molecular complexity index is 237. The van der Waals surface area contributed by atoms with Crippen LogP contribution in [0.3, 0.4) is 0 Å². The standard InChI is InChI=1S/C16H32N2O/c1-3-4-5-6-7-8-16(19)18(2)14-11-15-9-12-17-13-10-15/h15,17H,3-14H2,1-2H3. The van der Waals surface area contributed by atoms with E-state index in [1.807, 2.05) is 11.9 Å². The fourth-order valence-electron chi connectivity index (χ4n) is 2.74. The monoisotopic (exact) mass is 268 g/mol. The van der Waals surface area contributed by atoms with Crippen LogP contribution in [0.1, 0.15) is 64.7 Å². The summed E-state index contributed by atoms with van der Waals surface area (Å²) in [6.45, 7) is 5.47. The second kappa shape index (κ2) is 10.2. The lowest BCUT2D eigenvalue weighted by molar-refractivity contribution is -0.130. The van der Waals surface area contributed by atoms with Crippen molar-refractivity contribution >= 4 is 5.91 Å². The van der Waals surface area contributed by atoms with Gasteiger partial charge >= 0.3 is 0 Å². The Kier molecular flexibility index (Phi) is 8.89. The molecule has 0 radical (unpaired) electrons. The summed E-state index contributed by atoms with van der Waals surface area (Å²) in [7, 11) is 1.97. The lowest BCUT2D eigenvalue weighted by Gasteiger charge is -2.25. The highest BCUT2D eigenvalue weighted by Gasteiger charge is 2.15. The number of hydrogen-bond donors (Lipinski definition) is 1. The molecule has 0 saturated carbocycles. The zero-order valence-corrected chi connectivity index (χ0v) is 12.9. The van der Waals surface area contributed by atoms with Gasteiger partial charge in [-0.25, -0.2) is 0 Å². The van der Waals surface area contributed by atoms with Crippen molar-refractivity contribution in [2.75, 3.05) is 26.7 Å². The summed E-state index contributed by atoms with van der Waals surface area (Å²) in [5, 5.41) is 3.39. The first-order valence-corrected chi connectivity index (χ1v) is 8.18. The zero-order valence-electron chi connectivity index (χ0n) is 12.9. The van der Waals surface area contributed by atoms with Crippen molar-refractivity contribution in [2.24, 2.45) is 5.92 Å². The maximum atomic E-state index is 12.0. The smallest absolute Gasteiger partial charge is 0.222 e. The molecule has 3 heteroatoms. The molecule has 1 rings (SSSR count). The van der Waals surface area contributed by atoms with Crippen molar-refractivity contribution in [3.05, 3.63) is 0 Å². The molecule has 0 aliphatic carbocycles. The van der Waals surface area contributed by atoms with E-state index in [9.17, 15) is 4.79 Å². The third-order valence-electron chi connectivity index (χ3n) is 4.25. The quantitative estimate of drug-likeness (QED) is 0.651. The van der Waals surface area contributed by atoms with Gasteiger partial charge in [-0.05, 0) is 44.7 Å². The third-order valence-corrected chi connectivity index (χ3v) is 4.25. The summed E-state index contributed by atoms with van der Waals surface area (Å²) in [5.41, 5.74) is 0. The predicted molar refractivity (Wildman–Crippen MR) is 81.2 cm³/mol. The highest BCUT2D eigenvalue weighted by molar-refractivity contribution is 5.75. The van der Waals surface area contributed by atoms with Crippen LogP contribution in [0.2, 0.25) is 0 Å². The maximum absolute atomic E-state index is 12.0. The number of carbonyl (C=O) groups is 1. The first kappa shape index (κ1) is 16.5. The average molecular weight is 268 g/mol. The summed E-state index contributed by atoms with van der Waals surface area (Å²) in [5.74, 6) is 1.16. The van der Waals surface area contributed by atoms with Gasteiger partial charge in [-0.3, -0.25) is 4.79 Å². The van der Waals surface area contributed by atoms with Crippen LogP contribution in [0.15, 0.2) is 0 Å². The number of hydrogen-bond acceptors (Lipinski definition) is 2. The lowest BCUT2D eigenvalue weighted by Crippen LogP contribution is -2.32. The van der Waals surface area contributed by atoms with Crippen LogP contribution >= 0.6 is 0 Å². The Balaban J connectivity index is 2.03.